The third-order valence-corrected chi connectivity index (χ3v) is 4.21. The lowest BCUT2D eigenvalue weighted by molar-refractivity contribution is 0.471. The molecule has 86 valence electrons. The number of nitrogens with one attached hydrogen (secondary N) is 1. The van der Waals surface area contributed by atoms with Crippen LogP contribution in [0.3, 0.4) is 0 Å². The van der Waals surface area contributed by atoms with Crippen molar-refractivity contribution < 1.29 is 8.60 Å². The van der Waals surface area contributed by atoms with E-state index >= 15 is 0 Å². The Morgan fingerprint density at radius 2 is 2.31 bits per heavy atom. The predicted octanol–water partition coefficient (Wildman–Crippen LogP) is 2.07. The highest BCUT2D eigenvalue weighted by atomic mass is 32.2. The second-order valence-electron chi connectivity index (χ2n) is 3.39. The van der Waals surface area contributed by atoms with Gasteiger partial charge in [-0.1, -0.05) is 6.92 Å². The molecule has 0 aliphatic carbocycles. The van der Waals surface area contributed by atoms with Gasteiger partial charge in [-0.05, 0) is 18.6 Å². The van der Waals surface area contributed by atoms with Crippen LogP contribution in [-0.4, -0.2) is 17.8 Å². The van der Waals surface area contributed by atoms with E-state index in [1.54, 1.807) is 7.11 Å². The van der Waals surface area contributed by atoms with Gasteiger partial charge in [0.05, 0.1) is 12.6 Å². The fraction of sp³-hybridized carbons (Fsp3) is 0.364. The molecule has 0 bridgehead atoms. The molecule has 16 heavy (non-hydrogen) atoms. The van der Waals surface area contributed by atoms with Crippen molar-refractivity contribution in [2.24, 2.45) is 0 Å². The van der Waals surface area contributed by atoms with E-state index in [9.17, 15) is 4.79 Å². The number of hydrogen-bond acceptors (Lipinski definition) is 3. The summed E-state index contributed by atoms with van der Waals surface area (Å²) in [7, 11) is 1.70. The van der Waals surface area contributed by atoms with Gasteiger partial charge in [0, 0.05) is 6.07 Å². The van der Waals surface area contributed by atoms with Crippen LogP contribution in [0.4, 0.5) is 0 Å². The summed E-state index contributed by atoms with van der Waals surface area (Å²) in [5.41, 5.74) is 1.32. The molecule has 2 aromatic rings. The minimum absolute atomic E-state index is 0.218. The van der Waals surface area contributed by atoms with Gasteiger partial charge in [-0.3, -0.25) is 4.98 Å². The van der Waals surface area contributed by atoms with Crippen LogP contribution in [0, 0.1) is 0 Å². The van der Waals surface area contributed by atoms with E-state index < -0.39 is 5.76 Å². The summed E-state index contributed by atoms with van der Waals surface area (Å²) in [4.78, 5) is 14.7. The molecule has 0 amide bonds. The lowest BCUT2D eigenvalue weighted by Crippen LogP contribution is -2.08. The van der Waals surface area contributed by atoms with Crippen molar-refractivity contribution in [3.8, 4) is 0 Å². The molecule has 1 heterocycles. The van der Waals surface area contributed by atoms with E-state index in [-0.39, 0.29) is 11.2 Å². The van der Waals surface area contributed by atoms with Gasteiger partial charge in [0.15, 0.2) is 21.7 Å². The molecule has 0 saturated carbocycles. The van der Waals surface area contributed by atoms with E-state index in [0.717, 1.165) is 22.6 Å². The first-order valence-corrected chi connectivity index (χ1v) is 6.44. The normalized spacial score (nSPS) is 13.1. The van der Waals surface area contributed by atoms with Gasteiger partial charge in [0.2, 0.25) is 0 Å². The quantitative estimate of drug-likeness (QED) is 0.832. The maximum Gasteiger partial charge on any atom is 0.417 e. The number of aromatic amines is 1. The van der Waals surface area contributed by atoms with Crippen LogP contribution in [0.5, 0.6) is 0 Å². The van der Waals surface area contributed by atoms with Crippen molar-refractivity contribution in [1.29, 1.82) is 0 Å². The van der Waals surface area contributed by atoms with Crippen molar-refractivity contribution in [3.63, 3.8) is 0 Å². The summed E-state index contributed by atoms with van der Waals surface area (Å²) < 4.78 is 10.4. The Labute approximate surface area is 96.2 Å². The lowest BCUT2D eigenvalue weighted by atomic mass is 10.3. The molecule has 2 rings (SSSR count). The Morgan fingerprint density at radius 1 is 1.50 bits per heavy atom. The zero-order valence-corrected chi connectivity index (χ0v) is 10.1. The second-order valence-corrected chi connectivity index (χ2v) is 5.29. The van der Waals surface area contributed by atoms with Gasteiger partial charge in [-0.2, -0.15) is 4.18 Å². The number of oxazole rings is 1. The van der Waals surface area contributed by atoms with Crippen LogP contribution in [0.2, 0.25) is 0 Å². The van der Waals surface area contributed by atoms with Crippen molar-refractivity contribution in [2.45, 2.75) is 18.2 Å². The van der Waals surface area contributed by atoms with Crippen molar-refractivity contribution >= 4 is 22.3 Å². The van der Waals surface area contributed by atoms with Gasteiger partial charge < -0.3 is 4.42 Å². The van der Waals surface area contributed by atoms with Gasteiger partial charge in [0.1, 0.15) is 5.75 Å². The molecule has 0 spiro atoms. The van der Waals surface area contributed by atoms with Crippen LogP contribution < -0.4 is 5.76 Å². The summed E-state index contributed by atoms with van der Waals surface area (Å²) in [6.45, 7) is 2.12. The Morgan fingerprint density at radius 3 is 3.00 bits per heavy atom. The SMILES string of the molecule is CCC[S+](OC)c1ccc2[nH]c(=O)oc2c1. The van der Waals surface area contributed by atoms with E-state index in [4.69, 9.17) is 8.60 Å². The van der Waals surface area contributed by atoms with Crippen LogP contribution in [0.1, 0.15) is 13.3 Å². The topological polar surface area (TPSA) is 55.2 Å². The monoisotopic (exact) mass is 240 g/mol. The lowest BCUT2D eigenvalue weighted by Gasteiger charge is -2.01. The van der Waals surface area contributed by atoms with Gasteiger partial charge in [-0.15, -0.1) is 0 Å². The maximum absolute atomic E-state index is 11.0. The van der Waals surface area contributed by atoms with Gasteiger partial charge >= 0.3 is 5.76 Å². The smallest absolute Gasteiger partial charge is 0.408 e. The molecule has 0 saturated heterocycles. The number of rotatable bonds is 4. The van der Waals surface area contributed by atoms with Crippen LogP contribution in [0.15, 0.2) is 32.3 Å². The Bertz CT molecular complexity index is 531. The van der Waals surface area contributed by atoms with Crippen molar-refractivity contribution in [1.82, 2.24) is 4.98 Å². The number of fused-ring (bicyclic) bond motifs is 1. The Hall–Kier alpha value is -1.20. The molecule has 1 aromatic heterocycles. The first-order valence-electron chi connectivity index (χ1n) is 5.13. The van der Waals surface area contributed by atoms with Crippen LogP contribution in [0.25, 0.3) is 11.1 Å². The standard InChI is InChI=1S/C11H13NO3S/c1-3-6-16(14-2)8-4-5-9-10(7-8)15-11(13)12-9/h4-5,7H,3,6H2,1-2H3/p+1. The molecule has 4 nitrogen and oxygen atoms in total. The summed E-state index contributed by atoms with van der Waals surface area (Å²) in [6, 6.07) is 5.69. The summed E-state index contributed by atoms with van der Waals surface area (Å²) in [5, 5.41) is 0. The van der Waals surface area contributed by atoms with Crippen molar-refractivity contribution in [2.75, 3.05) is 12.9 Å². The molecular weight excluding hydrogens is 226 g/mol. The highest BCUT2D eigenvalue weighted by molar-refractivity contribution is 7.92. The molecule has 5 heteroatoms. The third-order valence-electron chi connectivity index (χ3n) is 2.25. The van der Waals surface area contributed by atoms with Crippen LogP contribution >= 0.6 is 0 Å². The predicted molar refractivity (Wildman–Crippen MR) is 64.6 cm³/mol. The molecule has 0 fully saturated rings. The Kier molecular flexibility index (Phi) is 3.36. The molecule has 0 aliphatic heterocycles. The largest absolute Gasteiger partial charge is 0.417 e. The highest BCUT2D eigenvalue weighted by Crippen LogP contribution is 2.20. The zero-order valence-electron chi connectivity index (χ0n) is 9.28. The molecule has 1 N–H and O–H groups in total. The minimum Gasteiger partial charge on any atom is -0.408 e. The fourth-order valence-corrected chi connectivity index (χ4v) is 2.97. The first-order chi connectivity index (χ1) is 7.74. The first kappa shape index (κ1) is 11.3. The highest BCUT2D eigenvalue weighted by Gasteiger charge is 2.22. The van der Waals surface area contributed by atoms with Crippen LogP contribution in [-0.2, 0) is 15.4 Å². The molecule has 0 aliphatic rings. The van der Waals surface area contributed by atoms with E-state index in [1.807, 2.05) is 18.2 Å². The molecule has 1 unspecified atom stereocenters. The van der Waals surface area contributed by atoms with Gasteiger partial charge in [0.25, 0.3) is 0 Å². The molecular formula is C11H14NO3S+. The average Bonchev–Trinajstić information content (AvgIpc) is 2.64. The maximum atomic E-state index is 11.0. The number of benzene rings is 1. The number of H-pyrrole nitrogens is 1. The summed E-state index contributed by atoms with van der Waals surface area (Å²) in [5.74, 6) is 0.566. The third kappa shape index (κ3) is 2.15. The van der Waals surface area contributed by atoms with Gasteiger partial charge in [-0.25, -0.2) is 4.79 Å². The molecule has 1 aromatic carbocycles. The van der Waals surface area contributed by atoms with E-state index in [0.29, 0.717) is 5.58 Å². The molecule has 0 radical (unpaired) electrons. The summed E-state index contributed by atoms with van der Waals surface area (Å²) >= 11 is -0.218. The molecule has 1 atom stereocenters. The fourth-order valence-electron chi connectivity index (χ4n) is 1.55. The zero-order chi connectivity index (χ0) is 11.5. The Balaban J connectivity index is 2.40. The number of aromatic nitrogens is 1. The average molecular weight is 240 g/mol. The van der Waals surface area contributed by atoms with Crippen molar-refractivity contribution in [3.05, 3.63) is 28.7 Å². The number of hydrogen-bond donors (Lipinski definition) is 1. The minimum atomic E-state index is -0.417. The summed E-state index contributed by atoms with van der Waals surface area (Å²) in [6.07, 6.45) is 1.06. The second kappa shape index (κ2) is 4.76. The van der Waals surface area contributed by atoms with E-state index in [2.05, 4.69) is 11.9 Å². The van der Waals surface area contributed by atoms with E-state index in [1.165, 1.54) is 0 Å².